The second-order valence-corrected chi connectivity index (χ2v) is 4.41. The minimum atomic E-state index is -0.540. The van der Waals surface area contributed by atoms with Gasteiger partial charge in [-0.25, -0.2) is 9.37 Å². The zero-order chi connectivity index (χ0) is 13.7. The highest BCUT2D eigenvalue weighted by atomic mass is 32.1. The molecule has 1 aromatic carbocycles. The van der Waals surface area contributed by atoms with Gasteiger partial charge in [0.05, 0.1) is 0 Å². The fourth-order valence-corrected chi connectivity index (χ4v) is 1.85. The predicted octanol–water partition coefficient (Wildman–Crippen LogP) is 2.83. The Hall–Kier alpha value is -2.52. The predicted molar refractivity (Wildman–Crippen MR) is 70.7 cm³/mol. The number of rotatable bonds is 3. The Bertz CT molecular complexity index is 642. The number of aromatic nitrogens is 1. The Labute approximate surface area is 112 Å². The van der Waals surface area contributed by atoms with Gasteiger partial charge in [-0.05, 0) is 23.8 Å². The summed E-state index contributed by atoms with van der Waals surface area (Å²) < 4.78 is 12.7. The molecular weight excluding hydrogens is 265 g/mol. The van der Waals surface area contributed by atoms with E-state index in [1.165, 1.54) is 41.7 Å². The summed E-state index contributed by atoms with van der Waals surface area (Å²) in [6.07, 6.45) is 2.94. The van der Waals surface area contributed by atoms with Crippen molar-refractivity contribution in [3.05, 3.63) is 52.8 Å². The van der Waals surface area contributed by atoms with Gasteiger partial charge in [-0.1, -0.05) is 12.1 Å². The number of carbonyl (C=O) groups excluding carboxylic acids is 1. The lowest BCUT2D eigenvalue weighted by molar-refractivity contribution is -0.112. The molecule has 2 aromatic rings. The molecule has 0 fully saturated rings. The summed E-state index contributed by atoms with van der Waals surface area (Å²) in [6, 6.07) is 7.32. The van der Waals surface area contributed by atoms with Crippen LogP contribution in [0.25, 0.3) is 6.08 Å². The molecule has 0 bridgehead atoms. The molecule has 0 atom stereocenters. The number of halogens is 1. The lowest BCUT2D eigenvalue weighted by Crippen LogP contribution is -2.13. The zero-order valence-electron chi connectivity index (χ0n) is 9.63. The van der Waals surface area contributed by atoms with Crippen LogP contribution in [0.2, 0.25) is 0 Å². The van der Waals surface area contributed by atoms with Crippen LogP contribution in [0.4, 0.5) is 9.52 Å². The molecular formula is C13H8FN3OS. The maximum Gasteiger partial charge on any atom is 0.268 e. The summed E-state index contributed by atoms with van der Waals surface area (Å²) in [5.74, 6) is -0.912. The largest absolute Gasteiger partial charge is 0.297 e. The van der Waals surface area contributed by atoms with Crippen LogP contribution in [-0.4, -0.2) is 10.9 Å². The van der Waals surface area contributed by atoms with E-state index >= 15 is 0 Å². The first-order valence-electron chi connectivity index (χ1n) is 5.27. The molecule has 0 saturated carbocycles. The third kappa shape index (κ3) is 3.47. The van der Waals surface area contributed by atoms with E-state index in [2.05, 4.69) is 10.3 Å². The molecule has 2 rings (SSSR count). The van der Waals surface area contributed by atoms with E-state index in [1.54, 1.807) is 11.6 Å². The van der Waals surface area contributed by atoms with E-state index in [4.69, 9.17) is 5.26 Å². The van der Waals surface area contributed by atoms with Crippen molar-refractivity contribution in [3.8, 4) is 6.07 Å². The number of anilines is 1. The fraction of sp³-hybridized carbons (Fsp3) is 0. The van der Waals surface area contributed by atoms with Crippen LogP contribution >= 0.6 is 11.3 Å². The second-order valence-electron chi connectivity index (χ2n) is 3.51. The van der Waals surface area contributed by atoms with E-state index in [0.29, 0.717) is 10.7 Å². The Morgan fingerprint density at radius 1 is 1.42 bits per heavy atom. The van der Waals surface area contributed by atoms with Crippen molar-refractivity contribution in [2.75, 3.05) is 5.32 Å². The molecule has 94 valence electrons. The molecule has 0 aliphatic carbocycles. The number of amides is 1. The number of thiazole rings is 1. The Kier molecular flexibility index (Phi) is 4.00. The molecule has 6 heteroatoms. The van der Waals surface area contributed by atoms with E-state index in [1.807, 2.05) is 6.07 Å². The van der Waals surface area contributed by atoms with E-state index in [-0.39, 0.29) is 11.4 Å². The smallest absolute Gasteiger partial charge is 0.268 e. The van der Waals surface area contributed by atoms with Gasteiger partial charge in [0.1, 0.15) is 17.5 Å². The van der Waals surface area contributed by atoms with Crippen molar-refractivity contribution in [2.24, 2.45) is 0 Å². The number of nitrogens with one attached hydrogen (secondary N) is 1. The molecule has 1 aromatic heterocycles. The molecule has 0 unspecified atom stereocenters. The van der Waals surface area contributed by atoms with Crippen LogP contribution in [0.3, 0.4) is 0 Å². The summed E-state index contributed by atoms with van der Waals surface area (Å²) in [7, 11) is 0. The first kappa shape index (κ1) is 12.9. The Morgan fingerprint density at radius 3 is 2.74 bits per heavy atom. The summed E-state index contributed by atoms with van der Waals surface area (Å²) in [6.45, 7) is 0. The Morgan fingerprint density at radius 2 is 2.16 bits per heavy atom. The third-order valence-corrected chi connectivity index (χ3v) is 2.89. The van der Waals surface area contributed by atoms with Crippen molar-refractivity contribution in [1.29, 1.82) is 5.26 Å². The molecule has 1 N–H and O–H groups in total. The van der Waals surface area contributed by atoms with Gasteiger partial charge in [0, 0.05) is 11.6 Å². The average Bonchev–Trinajstić information content (AvgIpc) is 2.90. The Balaban J connectivity index is 2.17. The molecule has 0 saturated heterocycles. The molecule has 0 aliphatic heterocycles. The summed E-state index contributed by atoms with van der Waals surface area (Å²) >= 11 is 1.26. The number of nitrogens with zero attached hydrogens (tertiary/aromatic N) is 2. The SMILES string of the molecule is N#C/C(=C\c1ccc(F)cc1)C(=O)Nc1nccs1. The van der Waals surface area contributed by atoms with Crippen LogP contribution in [0.5, 0.6) is 0 Å². The highest BCUT2D eigenvalue weighted by Gasteiger charge is 2.10. The van der Waals surface area contributed by atoms with Gasteiger partial charge in [-0.3, -0.25) is 10.1 Å². The number of benzene rings is 1. The van der Waals surface area contributed by atoms with Crippen LogP contribution in [0.1, 0.15) is 5.56 Å². The van der Waals surface area contributed by atoms with E-state index in [9.17, 15) is 9.18 Å². The lowest BCUT2D eigenvalue weighted by Gasteiger charge is -2.00. The van der Waals surface area contributed by atoms with Crippen molar-refractivity contribution in [1.82, 2.24) is 4.98 Å². The van der Waals surface area contributed by atoms with Crippen molar-refractivity contribution in [3.63, 3.8) is 0 Å². The van der Waals surface area contributed by atoms with Gasteiger partial charge < -0.3 is 0 Å². The molecule has 4 nitrogen and oxygen atoms in total. The van der Waals surface area contributed by atoms with Crippen LogP contribution < -0.4 is 5.32 Å². The van der Waals surface area contributed by atoms with Gasteiger partial charge in [0.15, 0.2) is 5.13 Å². The van der Waals surface area contributed by atoms with Crippen molar-refractivity contribution >= 4 is 28.5 Å². The topological polar surface area (TPSA) is 65.8 Å². The average molecular weight is 273 g/mol. The van der Waals surface area contributed by atoms with Crippen molar-refractivity contribution in [2.45, 2.75) is 0 Å². The maximum absolute atomic E-state index is 12.7. The standard InChI is InChI=1S/C13H8FN3OS/c14-11-3-1-9(2-4-11)7-10(8-15)12(18)17-13-16-5-6-19-13/h1-7H,(H,16,17,18)/b10-7+. The highest BCUT2D eigenvalue weighted by Crippen LogP contribution is 2.13. The summed E-state index contributed by atoms with van der Waals surface area (Å²) in [4.78, 5) is 15.7. The van der Waals surface area contributed by atoms with E-state index < -0.39 is 5.91 Å². The minimum absolute atomic E-state index is 0.0678. The third-order valence-electron chi connectivity index (χ3n) is 2.20. The van der Waals surface area contributed by atoms with Gasteiger partial charge in [-0.2, -0.15) is 5.26 Å². The normalized spacial score (nSPS) is 10.8. The highest BCUT2D eigenvalue weighted by molar-refractivity contribution is 7.13. The number of carbonyl (C=O) groups is 1. The first-order chi connectivity index (χ1) is 9.19. The van der Waals surface area contributed by atoms with Gasteiger partial charge in [0.25, 0.3) is 5.91 Å². The molecule has 1 amide bonds. The summed E-state index contributed by atoms with van der Waals surface area (Å²) in [5, 5.41) is 13.6. The number of nitriles is 1. The number of hydrogen-bond donors (Lipinski definition) is 1. The maximum atomic E-state index is 12.7. The first-order valence-corrected chi connectivity index (χ1v) is 6.15. The molecule has 19 heavy (non-hydrogen) atoms. The molecule has 0 aliphatic rings. The fourth-order valence-electron chi connectivity index (χ4n) is 1.32. The second kappa shape index (κ2) is 5.89. The monoisotopic (exact) mass is 273 g/mol. The van der Waals surface area contributed by atoms with Gasteiger partial charge in [-0.15, -0.1) is 11.3 Å². The quantitative estimate of drug-likeness (QED) is 0.690. The van der Waals surface area contributed by atoms with Gasteiger partial charge >= 0.3 is 0 Å². The molecule has 0 spiro atoms. The van der Waals surface area contributed by atoms with Crippen LogP contribution in [0.15, 0.2) is 41.4 Å². The van der Waals surface area contributed by atoms with Crippen LogP contribution in [-0.2, 0) is 4.79 Å². The zero-order valence-corrected chi connectivity index (χ0v) is 10.4. The summed E-state index contributed by atoms with van der Waals surface area (Å²) in [5.41, 5.74) is 0.508. The number of hydrogen-bond acceptors (Lipinski definition) is 4. The van der Waals surface area contributed by atoms with Crippen LogP contribution in [0, 0.1) is 17.1 Å². The lowest BCUT2D eigenvalue weighted by atomic mass is 10.1. The van der Waals surface area contributed by atoms with Crippen molar-refractivity contribution < 1.29 is 9.18 Å². The molecule has 0 radical (unpaired) electrons. The molecule has 1 heterocycles. The van der Waals surface area contributed by atoms with E-state index in [0.717, 1.165) is 0 Å². The minimum Gasteiger partial charge on any atom is -0.297 e. The van der Waals surface area contributed by atoms with Gasteiger partial charge in [0.2, 0.25) is 0 Å².